The number of ether oxygens (including phenoxy) is 1. The van der Waals surface area contributed by atoms with Crippen molar-refractivity contribution in [2.45, 2.75) is 32.8 Å². The van der Waals surface area contributed by atoms with E-state index in [4.69, 9.17) is 4.74 Å². The van der Waals surface area contributed by atoms with E-state index in [-0.39, 0.29) is 0 Å². The van der Waals surface area contributed by atoms with E-state index in [1.807, 2.05) is 32.9 Å². The third kappa shape index (κ3) is 6.03. The van der Waals surface area contributed by atoms with Gasteiger partial charge >= 0.3 is 6.09 Å². The Hall–Kier alpha value is -1.59. The van der Waals surface area contributed by atoms with Crippen molar-refractivity contribution in [3.05, 3.63) is 29.8 Å². The normalized spacial score (nSPS) is 16.3. The Morgan fingerprint density at radius 1 is 1.23 bits per heavy atom. The van der Waals surface area contributed by atoms with Crippen LogP contribution in [0.3, 0.4) is 0 Å². The highest BCUT2D eigenvalue weighted by Gasteiger charge is 2.16. The van der Waals surface area contributed by atoms with Crippen LogP contribution < -0.4 is 10.6 Å². The summed E-state index contributed by atoms with van der Waals surface area (Å²) in [6, 6.07) is 7.98. The number of carbonyl (C=O) groups is 1. The van der Waals surface area contributed by atoms with Gasteiger partial charge < -0.3 is 15.0 Å². The predicted octanol–water partition coefficient (Wildman–Crippen LogP) is 2.48. The topological polar surface area (TPSA) is 53.6 Å². The molecule has 1 saturated heterocycles. The fourth-order valence-electron chi connectivity index (χ4n) is 2.40. The van der Waals surface area contributed by atoms with Crippen molar-refractivity contribution in [3.63, 3.8) is 0 Å². The van der Waals surface area contributed by atoms with Crippen molar-refractivity contribution in [3.8, 4) is 0 Å². The molecule has 0 aromatic heterocycles. The summed E-state index contributed by atoms with van der Waals surface area (Å²) in [7, 11) is 0. The number of hydrogen-bond acceptors (Lipinski definition) is 4. The van der Waals surface area contributed by atoms with Gasteiger partial charge in [0.2, 0.25) is 0 Å². The highest BCUT2D eigenvalue weighted by Crippen LogP contribution is 2.13. The van der Waals surface area contributed by atoms with E-state index < -0.39 is 11.7 Å². The van der Waals surface area contributed by atoms with Gasteiger partial charge in [0.1, 0.15) is 5.60 Å². The van der Waals surface area contributed by atoms with E-state index in [9.17, 15) is 4.79 Å². The maximum Gasteiger partial charge on any atom is 0.412 e. The molecule has 2 N–H and O–H groups in total. The Kier molecular flexibility index (Phi) is 5.80. The highest BCUT2D eigenvalue weighted by molar-refractivity contribution is 5.84. The van der Waals surface area contributed by atoms with Gasteiger partial charge in [-0.3, -0.25) is 5.32 Å². The Morgan fingerprint density at radius 3 is 2.45 bits per heavy atom. The molecule has 22 heavy (non-hydrogen) atoms. The van der Waals surface area contributed by atoms with E-state index >= 15 is 0 Å². The van der Waals surface area contributed by atoms with Crippen molar-refractivity contribution in [2.75, 3.05) is 38.0 Å². The number of rotatable bonds is 4. The lowest BCUT2D eigenvalue weighted by atomic mass is 10.1. The van der Waals surface area contributed by atoms with Crippen LogP contribution >= 0.6 is 0 Å². The predicted molar refractivity (Wildman–Crippen MR) is 89.3 cm³/mol. The van der Waals surface area contributed by atoms with E-state index in [2.05, 4.69) is 27.7 Å². The molecule has 0 aliphatic carbocycles. The summed E-state index contributed by atoms with van der Waals surface area (Å²) < 4.78 is 5.24. The van der Waals surface area contributed by atoms with E-state index in [1.54, 1.807) is 0 Å². The maximum absolute atomic E-state index is 11.7. The number of hydrogen-bond donors (Lipinski definition) is 2. The van der Waals surface area contributed by atoms with Gasteiger partial charge in [0.25, 0.3) is 0 Å². The second-order valence-corrected chi connectivity index (χ2v) is 6.67. The average molecular weight is 305 g/mol. The standard InChI is InChI=1S/C17H27N3O2/c1-17(2,3)22-16(21)19-15-6-4-14(5-7-15)8-11-20-12-9-18-10-13-20/h4-7,18H,8-13H2,1-3H3,(H,19,21). The summed E-state index contributed by atoms with van der Waals surface area (Å²) in [4.78, 5) is 14.2. The number of anilines is 1. The summed E-state index contributed by atoms with van der Waals surface area (Å²) in [6.45, 7) is 11.1. The quantitative estimate of drug-likeness (QED) is 0.897. The van der Waals surface area contributed by atoms with E-state index in [0.29, 0.717) is 0 Å². The summed E-state index contributed by atoms with van der Waals surface area (Å²) in [6.07, 6.45) is 0.619. The third-order valence-corrected chi connectivity index (χ3v) is 3.53. The molecule has 1 aromatic rings. The minimum absolute atomic E-state index is 0.416. The van der Waals surface area contributed by atoms with Crippen LogP contribution in [0.1, 0.15) is 26.3 Å². The molecule has 1 aromatic carbocycles. The Bertz CT molecular complexity index is 474. The molecule has 0 bridgehead atoms. The van der Waals surface area contributed by atoms with Gasteiger partial charge in [-0.25, -0.2) is 4.79 Å². The zero-order valence-electron chi connectivity index (χ0n) is 13.8. The molecular formula is C17H27N3O2. The summed E-state index contributed by atoms with van der Waals surface area (Å²) >= 11 is 0. The van der Waals surface area contributed by atoms with Crippen LogP contribution in [-0.4, -0.2) is 49.3 Å². The van der Waals surface area contributed by atoms with Gasteiger partial charge in [-0.2, -0.15) is 0 Å². The van der Waals surface area contributed by atoms with Gasteiger partial charge in [-0.15, -0.1) is 0 Å². The minimum Gasteiger partial charge on any atom is -0.444 e. The van der Waals surface area contributed by atoms with Crippen molar-refractivity contribution in [2.24, 2.45) is 0 Å². The van der Waals surface area contributed by atoms with Crippen LogP contribution in [0.25, 0.3) is 0 Å². The van der Waals surface area contributed by atoms with Crippen molar-refractivity contribution < 1.29 is 9.53 Å². The molecule has 1 fully saturated rings. The van der Waals surface area contributed by atoms with Gasteiger partial charge in [-0.1, -0.05) is 12.1 Å². The average Bonchev–Trinajstić information content (AvgIpc) is 2.45. The first kappa shape index (κ1) is 16.8. The SMILES string of the molecule is CC(C)(C)OC(=O)Nc1ccc(CCN2CCNCC2)cc1. The molecule has 0 spiro atoms. The fourth-order valence-corrected chi connectivity index (χ4v) is 2.40. The molecule has 2 rings (SSSR count). The molecule has 5 heteroatoms. The van der Waals surface area contributed by atoms with Crippen LogP contribution in [0.2, 0.25) is 0 Å². The third-order valence-electron chi connectivity index (χ3n) is 3.53. The number of benzene rings is 1. The molecule has 1 aliphatic rings. The molecule has 0 atom stereocenters. The number of piperazine rings is 1. The zero-order chi connectivity index (χ0) is 16.0. The highest BCUT2D eigenvalue weighted by atomic mass is 16.6. The maximum atomic E-state index is 11.7. The molecule has 122 valence electrons. The molecule has 1 heterocycles. The second-order valence-electron chi connectivity index (χ2n) is 6.67. The summed E-state index contributed by atoms with van der Waals surface area (Å²) in [5.74, 6) is 0. The van der Waals surface area contributed by atoms with Gasteiger partial charge in [0, 0.05) is 38.4 Å². The summed E-state index contributed by atoms with van der Waals surface area (Å²) in [5.41, 5.74) is 1.57. The van der Waals surface area contributed by atoms with Crippen molar-refractivity contribution >= 4 is 11.8 Å². The number of carbonyl (C=O) groups excluding carboxylic acids is 1. The molecule has 5 nitrogen and oxygen atoms in total. The Balaban J connectivity index is 1.78. The molecular weight excluding hydrogens is 278 g/mol. The van der Waals surface area contributed by atoms with Crippen LogP contribution in [-0.2, 0) is 11.2 Å². The molecule has 0 saturated carbocycles. The first-order chi connectivity index (χ1) is 10.4. The van der Waals surface area contributed by atoms with Crippen LogP contribution in [0, 0.1) is 0 Å². The molecule has 0 unspecified atom stereocenters. The lowest BCUT2D eigenvalue weighted by Gasteiger charge is -2.27. The lowest BCUT2D eigenvalue weighted by Crippen LogP contribution is -2.44. The number of amides is 1. The molecule has 1 amide bonds. The van der Waals surface area contributed by atoms with Crippen LogP contribution in [0.4, 0.5) is 10.5 Å². The van der Waals surface area contributed by atoms with E-state index in [0.717, 1.165) is 44.8 Å². The second kappa shape index (κ2) is 7.61. The minimum atomic E-state index is -0.479. The van der Waals surface area contributed by atoms with Crippen molar-refractivity contribution in [1.82, 2.24) is 10.2 Å². The Morgan fingerprint density at radius 2 is 1.86 bits per heavy atom. The largest absolute Gasteiger partial charge is 0.444 e. The monoisotopic (exact) mass is 305 g/mol. The van der Waals surface area contributed by atoms with Crippen LogP contribution in [0.5, 0.6) is 0 Å². The lowest BCUT2D eigenvalue weighted by molar-refractivity contribution is 0.0636. The molecule has 0 radical (unpaired) electrons. The Labute approximate surface area is 133 Å². The van der Waals surface area contributed by atoms with Gasteiger partial charge in [-0.05, 0) is 44.9 Å². The first-order valence-electron chi connectivity index (χ1n) is 7.94. The summed E-state index contributed by atoms with van der Waals surface area (Å²) in [5, 5.41) is 6.11. The zero-order valence-corrected chi connectivity index (χ0v) is 13.8. The smallest absolute Gasteiger partial charge is 0.412 e. The molecule has 1 aliphatic heterocycles. The van der Waals surface area contributed by atoms with E-state index in [1.165, 1.54) is 5.56 Å². The fraction of sp³-hybridized carbons (Fsp3) is 0.588. The van der Waals surface area contributed by atoms with Gasteiger partial charge in [0.15, 0.2) is 0 Å². The number of nitrogens with one attached hydrogen (secondary N) is 2. The van der Waals surface area contributed by atoms with Crippen molar-refractivity contribution in [1.29, 1.82) is 0 Å². The number of nitrogens with zero attached hydrogens (tertiary/aromatic N) is 1. The van der Waals surface area contributed by atoms with Crippen LogP contribution in [0.15, 0.2) is 24.3 Å². The van der Waals surface area contributed by atoms with Gasteiger partial charge in [0.05, 0.1) is 0 Å². The first-order valence-corrected chi connectivity index (χ1v) is 7.94.